The number of hydrogen-bond donors (Lipinski definition) is 0. The lowest BCUT2D eigenvalue weighted by Crippen LogP contribution is -1.99. The zero-order valence-corrected chi connectivity index (χ0v) is 14.6. The van der Waals surface area contributed by atoms with Crippen molar-refractivity contribution >= 4 is 42.6 Å². The first-order chi connectivity index (χ1) is 10.1. The van der Waals surface area contributed by atoms with Crippen LogP contribution in [0.4, 0.5) is 4.39 Å². The maximum atomic E-state index is 13.3. The van der Waals surface area contributed by atoms with Gasteiger partial charge in [-0.15, -0.1) is 0 Å². The molecule has 0 saturated carbocycles. The molecule has 0 aliphatic rings. The van der Waals surface area contributed by atoms with Crippen molar-refractivity contribution < 1.29 is 4.39 Å². The van der Waals surface area contributed by atoms with Gasteiger partial charge in [-0.3, -0.25) is 0 Å². The maximum Gasteiger partial charge on any atom is 0.124 e. The monoisotopic (exact) mass is 406 g/mol. The molecule has 3 rings (SSSR count). The molecule has 106 valence electrons. The third-order valence-corrected chi connectivity index (χ3v) is 5.32. The Morgan fingerprint density at radius 1 is 1.00 bits per heavy atom. The van der Waals surface area contributed by atoms with Gasteiger partial charge in [-0.2, -0.15) is 0 Å². The highest BCUT2D eigenvalue weighted by atomic mass is 79.9. The summed E-state index contributed by atoms with van der Waals surface area (Å²) in [6.45, 7) is 2.10. The van der Waals surface area contributed by atoms with E-state index in [2.05, 4.69) is 63.0 Å². The number of halogens is 3. The van der Waals surface area contributed by atoms with Crippen molar-refractivity contribution in [2.24, 2.45) is 0 Å². The van der Waals surface area contributed by atoms with Crippen LogP contribution in [0.2, 0.25) is 0 Å². The molecule has 0 nitrogen and oxygen atoms in total. The molecule has 0 heterocycles. The summed E-state index contributed by atoms with van der Waals surface area (Å²) in [5.41, 5.74) is 3.46. The molecule has 0 aromatic heterocycles. The quantitative estimate of drug-likeness (QED) is 0.423. The molecule has 0 N–H and O–H groups in total. The molecular weight excluding hydrogens is 395 g/mol. The highest BCUT2D eigenvalue weighted by Crippen LogP contribution is 2.40. The van der Waals surface area contributed by atoms with E-state index in [0.29, 0.717) is 0 Å². The topological polar surface area (TPSA) is 0 Å². The maximum absolute atomic E-state index is 13.3. The van der Waals surface area contributed by atoms with Crippen LogP contribution in [0.1, 0.15) is 21.5 Å². The SMILES string of the molecule is Cc1ccc2ccccc2c1C(Br)c1ccc(F)cc1Br. The summed E-state index contributed by atoms with van der Waals surface area (Å²) in [5, 5.41) is 2.43. The lowest BCUT2D eigenvalue weighted by Gasteiger charge is -2.18. The largest absolute Gasteiger partial charge is 0.207 e. The summed E-state index contributed by atoms with van der Waals surface area (Å²) < 4.78 is 14.1. The number of alkyl halides is 1. The fourth-order valence-corrected chi connectivity index (χ4v) is 4.50. The van der Waals surface area contributed by atoms with Crippen LogP contribution in [0.25, 0.3) is 10.8 Å². The molecule has 0 fully saturated rings. The first kappa shape index (κ1) is 14.7. The Hall–Kier alpha value is -1.19. The normalized spacial score (nSPS) is 12.6. The van der Waals surface area contributed by atoms with Gasteiger partial charge < -0.3 is 0 Å². The van der Waals surface area contributed by atoms with Gasteiger partial charge >= 0.3 is 0 Å². The van der Waals surface area contributed by atoms with Crippen molar-refractivity contribution in [2.45, 2.75) is 11.8 Å². The van der Waals surface area contributed by atoms with Gasteiger partial charge in [0.05, 0.1) is 4.83 Å². The first-order valence-electron chi connectivity index (χ1n) is 6.65. The van der Waals surface area contributed by atoms with E-state index in [9.17, 15) is 4.39 Å². The third kappa shape index (κ3) is 2.77. The number of fused-ring (bicyclic) bond motifs is 1. The molecule has 21 heavy (non-hydrogen) atoms. The third-order valence-electron chi connectivity index (χ3n) is 3.68. The highest BCUT2D eigenvalue weighted by molar-refractivity contribution is 9.11. The van der Waals surface area contributed by atoms with Crippen molar-refractivity contribution in [3.05, 3.63) is 81.6 Å². The Morgan fingerprint density at radius 3 is 2.52 bits per heavy atom. The summed E-state index contributed by atoms with van der Waals surface area (Å²) in [6.07, 6.45) is 0. The minimum absolute atomic E-state index is 0.0126. The minimum atomic E-state index is -0.236. The summed E-state index contributed by atoms with van der Waals surface area (Å²) in [6, 6.07) is 17.4. The van der Waals surface area contributed by atoms with E-state index in [1.807, 2.05) is 18.2 Å². The summed E-state index contributed by atoms with van der Waals surface area (Å²) >= 11 is 7.25. The molecule has 0 radical (unpaired) electrons. The van der Waals surface area contributed by atoms with E-state index in [4.69, 9.17) is 0 Å². The van der Waals surface area contributed by atoms with Gasteiger partial charge in [0.15, 0.2) is 0 Å². The van der Waals surface area contributed by atoms with Crippen molar-refractivity contribution in [2.75, 3.05) is 0 Å². The summed E-state index contributed by atoms with van der Waals surface area (Å²) in [7, 11) is 0. The van der Waals surface area contributed by atoms with Gasteiger partial charge in [-0.1, -0.05) is 74.3 Å². The predicted molar refractivity (Wildman–Crippen MR) is 93.6 cm³/mol. The Balaban J connectivity index is 2.21. The number of benzene rings is 3. The van der Waals surface area contributed by atoms with Crippen molar-refractivity contribution in [3.8, 4) is 0 Å². The van der Waals surface area contributed by atoms with Gasteiger partial charge in [-0.05, 0) is 46.5 Å². The molecule has 3 aromatic carbocycles. The molecule has 3 aromatic rings. The minimum Gasteiger partial charge on any atom is -0.207 e. The molecule has 0 spiro atoms. The number of hydrogen-bond acceptors (Lipinski definition) is 0. The van der Waals surface area contributed by atoms with E-state index in [1.54, 1.807) is 0 Å². The van der Waals surface area contributed by atoms with Gasteiger partial charge in [0, 0.05) is 4.47 Å². The lowest BCUT2D eigenvalue weighted by atomic mass is 9.94. The Morgan fingerprint density at radius 2 is 1.76 bits per heavy atom. The fourth-order valence-electron chi connectivity index (χ4n) is 2.60. The molecule has 0 saturated heterocycles. The number of aryl methyl sites for hydroxylation is 1. The Labute approximate surface area is 140 Å². The van der Waals surface area contributed by atoms with Crippen LogP contribution in [-0.4, -0.2) is 0 Å². The van der Waals surface area contributed by atoms with Gasteiger partial charge in [0.1, 0.15) is 5.82 Å². The average molecular weight is 408 g/mol. The van der Waals surface area contributed by atoms with E-state index in [1.165, 1.54) is 34.0 Å². The molecule has 3 heteroatoms. The fraction of sp³-hybridized carbons (Fsp3) is 0.111. The molecule has 0 bridgehead atoms. The number of rotatable bonds is 2. The smallest absolute Gasteiger partial charge is 0.124 e. The van der Waals surface area contributed by atoms with Crippen molar-refractivity contribution in [1.29, 1.82) is 0 Å². The second kappa shape index (κ2) is 5.90. The Kier molecular flexibility index (Phi) is 4.14. The van der Waals surface area contributed by atoms with Crippen LogP contribution in [0, 0.1) is 12.7 Å². The standard InChI is InChI=1S/C18H13Br2F/c1-11-6-7-12-4-2-3-5-14(12)17(11)18(20)15-9-8-13(21)10-16(15)19/h2-10,18H,1H3. The van der Waals surface area contributed by atoms with E-state index in [-0.39, 0.29) is 10.6 Å². The van der Waals surface area contributed by atoms with Crippen LogP contribution in [0.5, 0.6) is 0 Å². The highest BCUT2D eigenvalue weighted by Gasteiger charge is 2.18. The van der Waals surface area contributed by atoms with Crippen LogP contribution in [0.3, 0.4) is 0 Å². The van der Waals surface area contributed by atoms with Crippen LogP contribution in [-0.2, 0) is 0 Å². The van der Waals surface area contributed by atoms with Crippen LogP contribution >= 0.6 is 31.9 Å². The predicted octanol–water partition coefficient (Wildman–Crippen LogP) is 6.53. The molecule has 0 aliphatic carbocycles. The molecule has 0 aliphatic heterocycles. The van der Waals surface area contributed by atoms with E-state index < -0.39 is 0 Å². The summed E-state index contributed by atoms with van der Waals surface area (Å²) in [5.74, 6) is -0.236. The molecule has 1 atom stereocenters. The second-order valence-electron chi connectivity index (χ2n) is 5.05. The zero-order valence-electron chi connectivity index (χ0n) is 11.4. The van der Waals surface area contributed by atoms with Crippen LogP contribution in [0.15, 0.2) is 59.1 Å². The van der Waals surface area contributed by atoms with E-state index >= 15 is 0 Å². The van der Waals surface area contributed by atoms with Gasteiger partial charge in [0.25, 0.3) is 0 Å². The van der Waals surface area contributed by atoms with Gasteiger partial charge in [0.2, 0.25) is 0 Å². The molecule has 1 unspecified atom stereocenters. The summed E-state index contributed by atoms with van der Waals surface area (Å²) in [4.78, 5) is 0.0126. The van der Waals surface area contributed by atoms with Crippen molar-refractivity contribution in [1.82, 2.24) is 0 Å². The second-order valence-corrected chi connectivity index (χ2v) is 6.82. The van der Waals surface area contributed by atoms with Crippen molar-refractivity contribution in [3.63, 3.8) is 0 Å². The Bertz CT molecular complexity index is 811. The van der Waals surface area contributed by atoms with Gasteiger partial charge in [-0.25, -0.2) is 4.39 Å². The molecular formula is C18H13Br2F. The van der Waals surface area contributed by atoms with E-state index in [0.717, 1.165) is 10.0 Å². The average Bonchev–Trinajstić information content (AvgIpc) is 2.46. The zero-order chi connectivity index (χ0) is 15.0. The van der Waals surface area contributed by atoms with Crippen LogP contribution < -0.4 is 0 Å². The molecule has 0 amide bonds. The first-order valence-corrected chi connectivity index (χ1v) is 8.36. The lowest BCUT2D eigenvalue weighted by molar-refractivity contribution is 0.626.